The van der Waals surface area contributed by atoms with Crippen LogP contribution in [0.2, 0.25) is 0 Å². The number of carbonyl (C=O) groups is 1. The van der Waals surface area contributed by atoms with Crippen LogP contribution in [0.5, 0.6) is 11.5 Å². The molecule has 35 heavy (non-hydrogen) atoms. The summed E-state index contributed by atoms with van der Waals surface area (Å²) >= 11 is 1.57. The molecule has 0 saturated heterocycles. The van der Waals surface area contributed by atoms with E-state index in [0.717, 1.165) is 37.2 Å². The van der Waals surface area contributed by atoms with Gasteiger partial charge in [0.2, 0.25) is 0 Å². The summed E-state index contributed by atoms with van der Waals surface area (Å²) in [7, 11) is 1.60. The van der Waals surface area contributed by atoms with E-state index in [1.165, 1.54) is 10.4 Å². The zero-order valence-corrected chi connectivity index (χ0v) is 21.0. The molecule has 0 bridgehead atoms. The van der Waals surface area contributed by atoms with Crippen LogP contribution >= 0.6 is 11.3 Å². The van der Waals surface area contributed by atoms with Gasteiger partial charge in [-0.3, -0.25) is 4.90 Å². The van der Waals surface area contributed by atoms with Crippen molar-refractivity contribution in [3.63, 3.8) is 0 Å². The Hall–Kier alpha value is -3.42. The number of esters is 1. The van der Waals surface area contributed by atoms with Gasteiger partial charge in [0.25, 0.3) is 0 Å². The highest BCUT2D eigenvalue weighted by atomic mass is 32.1. The number of hydrogen-bond acceptors (Lipinski definition) is 7. The summed E-state index contributed by atoms with van der Waals surface area (Å²) in [5.41, 5.74) is 3.79. The molecule has 0 saturated carbocycles. The maximum Gasteiger partial charge on any atom is 0.341 e. The van der Waals surface area contributed by atoms with Gasteiger partial charge in [0, 0.05) is 30.7 Å². The lowest BCUT2D eigenvalue weighted by atomic mass is 10.0. The van der Waals surface area contributed by atoms with Crippen LogP contribution < -0.4 is 9.47 Å². The predicted octanol–water partition coefficient (Wildman–Crippen LogP) is 5.81. The van der Waals surface area contributed by atoms with Crippen molar-refractivity contribution in [3.8, 4) is 11.5 Å². The second kappa shape index (κ2) is 11.8. The Labute approximate surface area is 210 Å². The molecule has 7 heteroatoms. The fraction of sp³-hybridized carbons (Fsp3) is 0.286. The molecule has 1 aromatic heterocycles. The largest absolute Gasteiger partial charge is 0.493 e. The Bertz CT molecular complexity index is 1200. The van der Waals surface area contributed by atoms with Gasteiger partial charge >= 0.3 is 5.97 Å². The van der Waals surface area contributed by atoms with Crippen LogP contribution in [0.1, 0.15) is 38.8 Å². The number of ether oxygens (including phenoxy) is 3. The van der Waals surface area contributed by atoms with Gasteiger partial charge in [-0.1, -0.05) is 43.0 Å². The summed E-state index contributed by atoms with van der Waals surface area (Å²) in [5.74, 6) is 0.949. The van der Waals surface area contributed by atoms with Crippen molar-refractivity contribution in [2.45, 2.75) is 26.4 Å². The third kappa shape index (κ3) is 5.99. The highest BCUT2D eigenvalue weighted by molar-refractivity contribution is 7.16. The van der Waals surface area contributed by atoms with Crippen molar-refractivity contribution in [1.82, 2.24) is 4.90 Å². The summed E-state index contributed by atoms with van der Waals surface area (Å²) < 4.78 is 16.5. The number of fused-ring (bicyclic) bond motifs is 1. The van der Waals surface area contributed by atoms with Crippen LogP contribution in [0.15, 0.2) is 66.2 Å². The van der Waals surface area contributed by atoms with Gasteiger partial charge in [-0.25, -0.2) is 9.79 Å². The number of thiophene rings is 1. The molecule has 2 aromatic carbocycles. The minimum absolute atomic E-state index is 0.306. The SMILES string of the molecule is C=CCOc1ccc(C=Nc2sc3c(c2C(=O)OCC)CCN(Cc2ccccc2)C3)cc1OC. The number of hydrogen-bond donors (Lipinski definition) is 0. The zero-order valence-electron chi connectivity index (χ0n) is 20.2. The molecule has 0 spiro atoms. The lowest BCUT2D eigenvalue weighted by Crippen LogP contribution is -2.29. The minimum Gasteiger partial charge on any atom is -0.493 e. The fourth-order valence-corrected chi connectivity index (χ4v) is 5.31. The molecule has 0 atom stereocenters. The molecule has 182 valence electrons. The Morgan fingerprint density at radius 1 is 1.20 bits per heavy atom. The Morgan fingerprint density at radius 3 is 2.77 bits per heavy atom. The lowest BCUT2D eigenvalue weighted by molar-refractivity contribution is 0.0526. The summed E-state index contributed by atoms with van der Waals surface area (Å²) in [5, 5.41) is 0.681. The average Bonchev–Trinajstić information content (AvgIpc) is 3.25. The molecule has 0 amide bonds. The van der Waals surface area contributed by atoms with Crippen molar-refractivity contribution < 1.29 is 19.0 Å². The third-order valence-corrected chi connectivity index (χ3v) is 6.85. The van der Waals surface area contributed by atoms with Crippen LogP contribution in [0.4, 0.5) is 5.00 Å². The van der Waals surface area contributed by atoms with Gasteiger partial charge in [0.05, 0.1) is 19.3 Å². The first kappa shape index (κ1) is 24.7. The van der Waals surface area contributed by atoms with Gasteiger partial charge in [-0.15, -0.1) is 11.3 Å². The standard InChI is InChI=1S/C28H30N2O4S/c1-4-15-34-23-12-11-21(16-24(23)32-3)17-29-27-26(28(31)33-5-2)22-13-14-30(19-25(22)35-27)18-20-9-7-6-8-10-20/h4,6-12,16-17H,1,5,13-15,18-19H2,2-3H3. The van der Waals surface area contributed by atoms with E-state index in [0.29, 0.717) is 35.3 Å². The molecular formula is C28H30N2O4S. The predicted molar refractivity (Wildman–Crippen MR) is 140 cm³/mol. The van der Waals surface area contributed by atoms with Gasteiger partial charge in [0.15, 0.2) is 11.5 Å². The van der Waals surface area contributed by atoms with Crippen molar-refractivity contribution in [2.24, 2.45) is 4.99 Å². The van der Waals surface area contributed by atoms with Crippen LogP contribution in [0.3, 0.4) is 0 Å². The quantitative estimate of drug-likeness (QED) is 0.204. The highest BCUT2D eigenvalue weighted by Crippen LogP contribution is 2.40. The first-order valence-electron chi connectivity index (χ1n) is 11.7. The van der Waals surface area contributed by atoms with Gasteiger partial charge < -0.3 is 14.2 Å². The zero-order chi connectivity index (χ0) is 24.6. The van der Waals surface area contributed by atoms with E-state index < -0.39 is 0 Å². The molecule has 1 aliphatic rings. The first-order chi connectivity index (χ1) is 17.1. The summed E-state index contributed by atoms with van der Waals surface area (Å²) in [4.78, 5) is 21.2. The Morgan fingerprint density at radius 2 is 2.03 bits per heavy atom. The Kier molecular flexibility index (Phi) is 8.34. The number of methoxy groups -OCH3 is 1. The van der Waals surface area contributed by atoms with Crippen LogP contribution in [0, 0.1) is 0 Å². The van der Waals surface area contributed by atoms with Gasteiger partial charge in [0.1, 0.15) is 11.6 Å². The van der Waals surface area contributed by atoms with E-state index in [1.54, 1.807) is 30.7 Å². The number of aliphatic imine (C=N–C) groups is 1. The summed E-state index contributed by atoms with van der Waals surface area (Å²) in [6.45, 7) is 8.78. The molecule has 2 heterocycles. The van der Waals surface area contributed by atoms with Crippen LogP contribution in [-0.4, -0.2) is 44.0 Å². The molecule has 0 fully saturated rings. The molecule has 0 aliphatic carbocycles. The molecular weight excluding hydrogens is 460 g/mol. The molecule has 1 aliphatic heterocycles. The van der Waals surface area contributed by atoms with Gasteiger partial charge in [-0.2, -0.15) is 0 Å². The first-order valence-corrected chi connectivity index (χ1v) is 12.5. The molecule has 4 rings (SSSR count). The fourth-order valence-electron chi connectivity index (χ4n) is 4.09. The lowest BCUT2D eigenvalue weighted by Gasteiger charge is -2.27. The molecule has 3 aromatic rings. The molecule has 0 radical (unpaired) electrons. The van der Waals surface area contributed by atoms with Crippen molar-refractivity contribution in [2.75, 3.05) is 26.9 Å². The van der Waals surface area contributed by atoms with Crippen molar-refractivity contribution in [3.05, 3.63) is 88.3 Å². The number of nitrogens with zero attached hydrogens (tertiary/aromatic N) is 2. The monoisotopic (exact) mass is 490 g/mol. The summed E-state index contributed by atoms with van der Waals surface area (Å²) in [6, 6.07) is 16.1. The average molecular weight is 491 g/mol. The van der Waals surface area contributed by atoms with E-state index in [-0.39, 0.29) is 5.97 Å². The molecule has 0 unspecified atom stereocenters. The normalized spacial score (nSPS) is 13.4. The minimum atomic E-state index is -0.306. The second-order valence-corrected chi connectivity index (χ2v) is 9.20. The van der Waals surface area contributed by atoms with Gasteiger partial charge in [-0.05, 0) is 48.2 Å². The molecule has 6 nitrogen and oxygen atoms in total. The topological polar surface area (TPSA) is 60.4 Å². The van der Waals surface area contributed by atoms with Crippen LogP contribution in [0.25, 0.3) is 0 Å². The van der Waals surface area contributed by atoms with E-state index in [4.69, 9.17) is 19.2 Å². The maximum absolute atomic E-state index is 12.9. The Balaban J connectivity index is 1.59. The van der Waals surface area contributed by atoms with Crippen LogP contribution in [-0.2, 0) is 24.2 Å². The number of benzene rings is 2. The van der Waals surface area contributed by atoms with Crippen molar-refractivity contribution >= 4 is 28.5 Å². The second-order valence-electron chi connectivity index (χ2n) is 8.12. The number of rotatable bonds is 10. The van der Waals surface area contributed by atoms with Crippen molar-refractivity contribution in [1.29, 1.82) is 0 Å². The maximum atomic E-state index is 12.9. The highest BCUT2D eigenvalue weighted by Gasteiger charge is 2.28. The summed E-state index contributed by atoms with van der Waals surface area (Å²) in [6.07, 6.45) is 4.23. The van der Waals surface area contributed by atoms with E-state index in [9.17, 15) is 4.79 Å². The molecule has 0 N–H and O–H groups in total. The third-order valence-electron chi connectivity index (χ3n) is 5.72. The van der Waals surface area contributed by atoms with E-state index in [2.05, 4.69) is 35.7 Å². The smallest absolute Gasteiger partial charge is 0.341 e. The van der Waals surface area contributed by atoms with E-state index in [1.807, 2.05) is 31.2 Å². The number of carbonyl (C=O) groups excluding carboxylic acids is 1. The van der Waals surface area contributed by atoms with E-state index >= 15 is 0 Å².